The first-order chi connectivity index (χ1) is 14.0. The molecule has 2 N–H and O–H groups in total. The topological polar surface area (TPSA) is 131 Å². The van der Waals surface area contributed by atoms with Crippen LogP contribution in [0.1, 0.15) is 46.1 Å². The van der Waals surface area contributed by atoms with Gasteiger partial charge in [0.25, 0.3) is 0 Å². The summed E-state index contributed by atoms with van der Waals surface area (Å²) in [7, 11) is 1.21. The minimum atomic E-state index is -1.48. The number of nitrogens with two attached hydrogens (primary N) is 1. The molecule has 1 aromatic rings. The van der Waals surface area contributed by atoms with Gasteiger partial charge < -0.3 is 24.7 Å². The van der Waals surface area contributed by atoms with E-state index in [-0.39, 0.29) is 49.3 Å². The molecule has 0 amide bonds. The normalized spacial score (nSPS) is 12.6. The average Bonchev–Trinajstić information content (AvgIpc) is 2.61. The molecule has 166 valence electrons. The third-order valence-corrected chi connectivity index (χ3v) is 4.01. The number of carbonyl (C=O) groups is 4. The van der Waals surface area contributed by atoms with E-state index >= 15 is 0 Å². The molecule has 0 radical (unpaired) electrons. The smallest absolute Gasteiger partial charge is 0.326 e. The Morgan fingerprint density at radius 2 is 1.63 bits per heavy atom. The molecule has 0 spiro atoms. The van der Waals surface area contributed by atoms with E-state index in [0.717, 1.165) is 0 Å². The molecular weight excluding hydrogens is 394 g/mol. The van der Waals surface area contributed by atoms with Crippen molar-refractivity contribution in [2.75, 3.05) is 13.7 Å². The van der Waals surface area contributed by atoms with Gasteiger partial charge in [0.2, 0.25) is 0 Å². The highest BCUT2D eigenvalue weighted by Gasteiger charge is 2.36. The van der Waals surface area contributed by atoms with Crippen LogP contribution in [-0.4, -0.2) is 43.1 Å². The average molecular weight is 423 g/mol. The number of ether oxygens (including phenoxy) is 4. The maximum atomic E-state index is 12.3. The van der Waals surface area contributed by atoms with E-state index in [2.05, 4.69) is 0 Å². The lowest BCUT2D eigenvalue weighted by Gasteiger charge is -2.27. The number of benzene rings is 1. The molecular formula is C21H29NO8. The summed E-state index contributed by atoms with van der Waals surface area (Å²) in [6.07, 6.45) is 0.299. The summed E-state index contributed by atoms with van der Waals surface area (Å²) in [5.41, 5.74) is 5.33. The van der Waals surface area contributed by atoms with Crippen LogP contribution in [0, 0.1) is 5.92 Å². The molecule has 0 saturated carbocycles. The van der Waals surface area contributed by atoms with Crippen LogP contribution in [0.2, 0.25) is 0 Å². The predicted octanol–water partition coefficient (Wildman–Crippen LogP) is 1.93. The number of esters is 4. The minimum absolute atomic E-state index is 0.00994. The standard InChI is InChI=1S/C21H29NO8/c1-13(2)10-19(25)28-9-8-21(22,20(26)27-5)12-16-6-7-17(29-14(3)23)18(11-16)30-15(4)24/h6-7,11,13H,8-10,12,22H2,1-5H3/t21-/m1/s1. The predicted molar refractivity (Wildman–Crippen MR) is 107 cm³/mol. The molecule has 0 heterocycles. The third-order valence-electron chi connectivity index (χ3n) is 4.01. The van der Waals surface area contributed by atoms with E-state index in [1.807, 2.05) is 13.8 Å². The van der Waals surface area contributed by atoms with Crippen LogP contribution >= 0.6 is 0 Å². The fraction of sp³-hybridized carbons (Fsp3) is 0.524. The van der Waals surface area contributed by atoms with Crippen molar-refractivity contribution < 1.29 is 38.1 Å². The first-order valence-electron chi connectivity index (χ1n) is 9.49. The monoisotopic (exact) mass is 423 g/mol. The molecule has 1 aromatic carbocycles. The number of carbonyl (C=O) groups excluding carboxylic acids is 4. The zero-order chi connectivity index (χ0) is 22.9. The Kier molecular flexibility index (Phi) is 9.45. The van der Waals surface area contributed by atoms with Crippen molar-refractivity contribution in [2.45, 2.75) is 52.5 Å². The van der Waals surface area contributed by atoms with Gasteiger partial charge in [0, 0.05) is 33.1 Å². The van der Waals surface area contributed by atoms with Crippen LogP contribution in [0.5, 0.6) is 11.5 Å². The van der Waals surface area contributed by atoms with Crippen LogP contribution < -0.4 is 15.2 Å². The lowest BCUT2D eigenvalue weighted by atomic mass is 9.88. The highest BCUT2D eigenvalue weighted by atomic mass is 16.6. The molecule has 0 aliphatic rings. The Bertz CT molecular complexity index is 789. The van der Waals surface area contributed by atoms with Crippen LogP contribution in [0.4, 0.5) is 0 Å². The van der Waals surface area contributed by atoms with Gasteiger partial charge in [0.1, 0.15) is 5.54 Å². The summed E-state index contributed by atoms with van der Waals surface area (Å²) in [6, 6.07) is 4.48. The molecule has 0 aliphatic carbocycles. The molecule has 0 unspecified atom stereocenters. The molecule has 1 rings (SSSR count). The second-order valence-corrected chi connectivity index (χ2v) is 7.36. The summed E-state index contributed by atoms with van der Waals surface area (Å²) in [4.78, 5) is 46.7. The first-order valence-corrected chi connectivity index (χ1v) is 9.49. The lowest BCUT2D eigenvalue weighted by molar-refractivity contribution is -0.151. The Morgan fingerprint density at radius 1 is 1.03 bits per heavy atom. The van der Waals surface area contributed by atoms with Crippen LogP contribution in [0.25, 0.3) is 0 Å². The molecule has 9 heteroatoms. The second-order valence-electron chi connectivity index (χ2n) is 7.36. The number of hydrogen-bond donors (Lipinski definition) is 1. The van der Waals surface area contributed by atoms with Crippen LogP contribution in [0.15, 0.2) is 18.2 Å². The van der Waals surface area contributed by atoms with Crippen molar-refractivity contribution in [1.82, 2.24) is 0 Å². The molecule has 0 bridgehead atoms. The van der Waals surface area contributed by atoms with Crippen molar-refractivity contribution in [3.05, 3.63) is 23.8 Å². The highest BCUT2D eigenvalue weighted by Crippen LogP contribution is 2.30. The minimum Gasteiger partial charge on any atom is -0.468 e. The molecule has 1 atom stereocenters. The summed E-state index contributed by atoms with van der Waals surface area (Å²) in [6.45, 7) is 6.15. The number of rotatable bonds is 10. The van der Waals surface area contributed by atoms with Crippen molar-refractivity contribution in [1.29, 1.82) is 0 Å². The lowest BCUT2D eigenvalue weighted by Crippen LogP contribution is -2.51. The Labute approximate surface area is 175 Å². The fourth-order valence-electron chi connectivity index (χ4n) is 2.71. The van der Waals surface area contributed by atoms with E-state index in [1.54, 1.807) is 6.07 Å². The SMILES string of the molecule is COC(=O)[C@@](N)(CCOC(=O)CC(C)C)Cc1ccc(OC(C)=O)c(OC(C)=O)c1. The van der Waals surface area contributed by atoms with Gasteiger partial charge >= 0.3 is 23.9 Å². The van der Waals surface area contributed by atoms with E-state index in [9.17, 15) is 19.2 Å². The molecule has 0 aromatic heterocycles. The van der Waals surface area contributed by atoms with E-state index in [4.69, 9.17) is 24.7 Å². The van der Waals surface area contributed by atoms with Gasteiger partial charge in [-0.2, -0.15) is 0 Å². The summed E-state index contributed by atoms with van der Waals surface area (Å²) >= 11 is 0. The van der Waals surface area contributed by atoms with Crippen LogP contribution in [-0.2, 0) is 35.1 Å². The van der Waals surface area contributed by atoms with Gasteiger partial charge in [-0.1, -0.05) is 19.9 Å². The Balaban J connectivity index is 3.03. The van der Waals surface area contributed by atoms with E-state index in [0.29, 0.717) is 5.56 Å². The van der Waals surface area contributed by atoms with Gasteiger partial charge in [0.15, 0.2) is 11.5 Å². The first kappa shape index (κ1) is 25.1. The van der Waals surface area contributed by atoms with E-state index in [1.165, 1.54) is 33.1 Å². The van der Waals surface area contributed by atoms with Gasteiger partial charge in [0.05, 0.1) is 13.7 Å². The molecule has 0 saturated heterocycles. The van der Waals surface area contributed by atoms with Crippen molar-refractivity contribution in [3.8, 4) is 11.5 Å². The van der Waals surface area contributed by atoms with Crippen LogP contribution in [0.3, 0.4) is 0 Å². The van der Waals surface area contributed by atoms with Gasteiger partial charge in [-0.15, -0.1) is 0 Å². The zero-order valence-corrected chi connectivity index (χ0v) is 18.0. The van der Waals surface area contributed by atoms with Crippen molar-refractivity contribution in [3.63, 3.8) is 0 Å². The molecule has 0 aliphatic heterocycles. The Morgan fingerprint density at radius 3 is 2.17 bits per heavy atom. The maximum Gasteiger partial charge on any atom is 0.326 e. The highest BCUT2D eigenvalue weighted by molar-refractivity contribution is 5.81. The third kappa shape index (κ3) is 8.20. The second kappa shape index (κ2) is 11.3. The number of methoxy groups -OCH3 is 1. The summed E-state index contributed by atoms with van der Waals surface area (Å²) < 4.78 is 20.1. The largest absolute Gasteiger partial charge is 0.468 e. The summed E-state index contributed by atoms with van der Waals surface area (Å²) in [5, 5.41) is 0. The fourth-order valence-corrected chi connectivity index (χ4v) is 2.71. The maximum absolute atomic E-state index is 12.3. The van der Waals surface area contributed by atoms with Gasteiger partial charge in [-0.05, 0) is 23.6 Å². The molecule has 30 heavy (non-hydrogen) atoms. The molecule has 0 fully saturated rings. The summed E-state index contributed by atoms with van der Waals surface area (Å²) in [5.74, 6) is -2.01. The van der Waals surface area contributed by atoms with Gasteiger partial charge in [-0.25, -0.2) is 0 Å². The van der Waals surface area contributed by atoms with Crippen molar-refractivity contribution >= 4 is 23.9 Å². The van der Waals surface area contributed by atoms with Crippen molar-refractivity contribution in [2.24, 2.45) is 11.7 Å². The number of hydrogen-bond acceptors (Lipinski definition) is 9. The van der Waals surface area contributed by atoms with E-state index < -0.39 is 23.4 Å². The van der Waals surface area contributed by atoms with Gasteiger partial charge in [-0.3, -0.25) is 19.2 Å². The zero-order valence-electron chi connectivity index (χ0n) is 18.0. The quantitative estimate of drug-likeness (QED) is 0.443. The Hall–Kier alpha value is -2.94. The molecule has 9 nitrogen and oxygen atoms in total.